The highest BCUT2D eigenvalue weighted by atomic mass is 16.5. The van der Waals surface area contributed by atoms with Gasteiger partial charge in [-0.2, -0.15) is 5.10 Å². The predicted octanol–water partition coefficient (Wildman–Crippen LogP) is 4.73. The number of Topliss-reactive ketones (excluding diaryl/α,β-unsaturated/α-hetero) is 1. The van der Waals surface area contributed by atoms with Crippen LogP contribution in [0.3, 0.4) is 0 Å². The number of amides is 2. The second-order valence-corrected chi connectivity index (χ2v) is 8.33. The van der Waals surface area contributed by atoms with Crippen LogP contribution in [0, 0.1) is 5.92 Å². The summed E-state index contributed by atoms with van der Waals surface area (Å²) in [5.41, 5.74) is 3.66. The van der Waals surface area contributed by atoms with E-state index in [4.69, 9.17) is 4.74 Å². The number of likely N-dealkylation sites (tertiary alicyclic amines) is 1. The Morgan fingerprint density at radius 2 is 1.70 bits per heavy atom. The lowest BCUT2D eigenvalue weighted by atomic mass is 9.89. The molecule has 1 saturated heterocycles. The fraction of sp³-hybridized carbons (Fsp3) is 0.346. The molecule has 3 aromatic rings. The van der Waals surface area contributed by atoms with E-state index in [0.717, 1.165) is 29.1 Å². The summed E-state index contributed by atoms with van der Waals surface area (Å²) in [6, 6.07) is 15.1. The molecule has 0 bridgehead atoms. The lowest BCUT2D eigenvalue weighted by Gasteiger charge is -2.34. The molecule has 7 heteroatoms. The summed E-state index contributed by atoms with van der Waals surface area (Å²) in [6.07, 6.45) is 5.21. The largest absolute Gasteiger partial charge is 0.497 e. The minimum atomic E-state index is -0.0592. The molecular formula is C26H30N4O3. The van der Waals surface area contributed by atoms with Crippen molar-refractivity contribution in [1.29, 1.82) is 0 Å². The van der Waals surface area contributed by atoms with E-state index in [1.54, 1.807) is 19.1 Å². The van der Waals surface area contributed by atoms with Crippen molar-refractivity contribution < 1.29 is 14.3 Å². The predicted molar refractivity (Wildman–Crippen MR) is 129 cm³/mol. The third-order valence-corrected chi connectivity index (χ3v) is 6.34. The van der Waals surface area contributed by atoms with Gasteiger partial charge in [-0.1, -0.05) is 12.1 Å². The fourth-order valence-corrected chi connectivity index (χ4v) is 4.21. The smallest absolute Gasteiger partial charge is 0.324 e. The van der Waals surface area contributed by atoms with Crippen LogP contribution in [0.15, 0.2) is 60.9 Å². The number of rotatable bonds is 6. The molecule has 0 aliphatic carbocycles. The van der Waals surface area contributed by atoms with Gasteiger partial charge in [0.2, 0.25) is 0 Å². The maximum absolute atomic E-state index is 13.1. The quantitative estimate of drug-likeness (QED) is 0.514. The number of piperidine rings is 1. The van der Waals surface area contributed by atoms with Gasteiger partial charge in [-0.15, -0.1) is 0 Å². The maximum Gasteiger partial charge on any atom is 0.324 e. The molecule has 0 spiro atoms. The first-order valence-electron chi connectivity index (χ1n) is 11.3. The Bertz CT molecular complexity index is 1100. The highest BCUT2D eigenvalue weighted by molar-refractivity contribution is 5.98. The van der Waals surface area contributed by atoms with Gasteiger partial charge in [-0.25, -0.2) is 4.79 Å². The average molecular weight is 447 g/mol. The number of nitrogens with zero attached hydrogens (tertiary/aromatic N) is 4. The van der Waals surface area contributed by atoms with Crippen molar-refractivity contribution in [2.24, 2.45) is 5.92 Å². The Hall–Kier alpha value is -3.61. The van der Waals surface area contributed by atoms with Gasteiger partial charge in [0.05, 0.1) is 13.3 Å². The normalized spacial score (nSPS) is 14.2. The van der Waals surface area contributed by atoms with Crippen LogP contribution in [-0.4, -0.2) is 53.7 Å². The van der Waals surface area contributed by atoms with Crippen molar-refractivity contribution in [3.8, 4) is 16.9 Å². The highest BCUT2D eigenvalue weighted by Gasteiger charge is 2.29. The lowest BCUT2D eigenvalue weighted by Crippen LogP contribution is -2.46. The molecule has 2 aromatic carbocycles. The summed E-state index contributed by atoms with van der Waals surface area (Å²) < 4.78 is 7.06. The van der Waals surface area contributed by atoms with E-state index < -0.39 is 0 Å². The van der Waals surface area contributed by atoms with Gasteiger partial charge >= 0.3 is 6.03 Å². The Labute approximate surface area is 194 Å². The van der Waals surface area contributed by atoms with Gasteiger partial charge in [0.25, 0.3) is 0 Å². The maximum atomic E-state index is 13.1. The number of aryl methyl sites for hydroxylation is 1. The van der Waals surface area contributed by atoms with Crippen LogP contribution in [0.4, 0.5) is 10.5 Å². The second kappa shape index (κ2) is 9.90. The zero-order valence-electron chi connectivity index (χ0n) is 19.4. The number of anilines is 1. The SMILES string of the molecule is CCn1cc(-c2ccc(N(C)C(=O)N3CCC(C(=O)c4ccc(OC)cc4)CC3)cc2)cn1. The van der Waals surface area contributed by atoms with Crippen LogP contribution < -0.4 is 9.64 Å². The van der Waals surface area contributed by atoms with Crippen molar-refractivity contribution >= 4 is 17.5 Å². The third-order valence-electron chi connectivity index (χ3n) is 6.34. The molecule has 0 N–H and O–H groups in total. The number of methoxy groups -OCH3 is 1. The van der Waals surface area contributed by atoms with Crippen LogP contribution in [0.1, 0.15) is 30.1 Å². The molecule has 0 atom stereocenters. The van der Waals surface area contributed by atoms with Gasteiger partial charge in [-0.3, -0.25) is 14.4 Å². The van der Waals surface area contributed by atoms with Crippen molar-refractivity contribution in [3.63, 3.8) is 0 Å². The van der Waals surface area contributed by atoms with Crippen molar-refractivity contribution in [3.05, 3.63) is 66.5 Å². The van der Waals surface area contributed by atoms with Crippen molar-refractivity contribution in [2.75, 3.05) is 32.1 Å². The topological polar surface area (TPSA) is 67.7 Å². The number of carbonyl (C=O) groups excluding carboxylic acids is 2. The standard InChI is InChI=1S/C26H30N4O3/c1-4-30-18-22(17-27-30)19-5-9-23(10-6-19)28(2)26(32)29-15-13-21(14-16-29)25(31)20-7-11-24(33-3)12-8-20/h5-12,17-18,21H,4,13-16H2,1-3H3. The first kappa shape index (κ1) is 22.6. The molecule has 0 radical (unpaired) electrons. The van der Waals surface area contributed by atoms with E-state index in [0.29, 0.717) is 31.5 Å². The molecule has 0 unspecified atom stereocenters. The molecular weight excluding hydrogens is 416 g/mol. The van der Waals surface area contributed by atoms with Crippen molar-refractivity contribution in [1.82, 2.24) is 14.7 Å². The van der Waals surface area contributed by atoms with E-state index in [2.05, 4.69) is 12.0 Å². The Morgan fingerprint density at radius 3 is 2.27 bits per heavy atom. The van der Waals surface area contributed by atoms with Crippen LogP contribution in [0.25, 0.3) is 11.1 Å². The van der Waals surface area contributed by atoms with Gasteiger partial charge in [0, 0.05) is 55.6 Å². The monoisotopic (exact) mass is 446 g/mol. The van der Waals surface area contributed by atoms with Gasteiger partial charge < -0.3 is 9.64 Å². The van der Waals surface area contributed by atoms with Crippen LogP contribution in [-0.2, 0) is 6.54 Å². The molecule has 1 aliphatic rings. The molecule has 1 fully saturated rings. The number of ketones is 1. The molecule has 7 nitrogen and oxygen atoms in total. The Balaban J connectivity index is 1.34. The summed E-state index contributed by atoms with van der Waals surface area (Å²) in [4.78, 5) is 29.4. The molecule has 2 heterocycles. The number of hydrogen-bond donors (Lipinski definition) is 0. The summed E-state index contributed by atoms with van der Waals surface area (Å²) in [6.45, 7) is 4.03. The average Bonchev–Trinajstić information content (AvgIpc) is 3.37. The first-order valence-corrected chi connectivity index (χ1v) is 11.3. The Morgan fingerprint density at radius 1 is 1.03 bits per heavy atom. The third kappa shape index (κ3) is 4.92. The van der Waals surface area contributed by atoms with E-state index >= 15 is 0 Å². The molecule has 4 rings (SSSR count). The number of hydrogen-bond acceptors (Lipinski definition) is 4. The lowest BCUT2D eigenvalue weighted by molar-refractivity contribution is 0.0857. The number of carbonyl (C=O) groups is 2. The van der Waals surface area contributed by atoms with E-state index in [1.165, 1.54) is 0 Å². The number of urea groups is 1. The molecule has 1 aromatic heterocycles. The first-order chi connectivity index (χ1) is 16.0. The van der Waals surface area contributed by atoms with Crippen molar-refractivity contribution in [2.45, 2.75) is 26.3 Å². The minimum absolute atomic E-state index is 0.0445. The summed E-state index contributed by atoms with van der Waals surface area (Å²) in [7, 11) is 3.40. The zero-order chi connectivity index (χ0) is 23.4. The molecule has 172 valence electrons. The summed E-state index contributed by atoms with van der Waals surface area (Å²) >= 11 is 0. The Kier molecular flexibility index (Phi) is 6.77. The van der Waals surface area contributed by atoms with Gasteiger partial charge in [0.15, 0.2) is 5.78 Å². The van der Waals surface area contributed by atoms with E-state index in [1.807, 2.05) is 70.5 Å². The van der Waals surface area contributed by atoms with Gasteiger partial charge in [0.1, 0.15) is 5.75 Å². The van der Waals surface area contributed by atoms with Crippen LogP contribution in [0.2, 0.25) is 0 Å². The van der Waals surface area contributed by atoms with E-state index in [-0.39, 0.29) is 17.7 Å². The summed E-state index contributed by atoms with van der Waals surface area (Å²) in [5, 5.41) is 4.32. The highest BCUT2D eigenvalue weighted by Crippen LogP contribution is 2.26. The molecule has 1 aliphatic heterocycles. The zero-order valence-corrected chi connectivity index (χ0v) is 19.4. The van der Waals surface area contributed by atoms with Gasteiger partial charge in [-0.05, 0) is 61.7 Å². The molecule has 33 heavy (non-hydrogen) atoms. The minimum Gasteiger partial charge on any atom is -0.497 e. The fourth-order valence-electron chi connectivity index (χ4n) is 4.21. The second-order valence-electron chi connectivity index (χ2n) is 8.33. The number of benzene rings is 2. The van der Waals surface area contributed by atoms with E-state index in [9.17, 15) is 9.59 Å². The van der Waals surface area contributed by atoms with Crippen LogP contribution >= 0.6 is 0 Å². The van der Waals surface area contributed by atoms with Crippen LogP contribution in [0.5, 0.6) is 5.75 Å². The summed E-state index contributed by atoms with van der Waals surface area (Å²) in [5.74, 6) is 0.815. The molecule has 0 saturated carbocycles. The number of ether oxygens (including phenoxy) is 1. The molecule has 2 amide bonds. The number of aromatic nitrogens is 2.